The molecule has 1 saturated heterocycles. The molecule has 2 aromatic rings. The van der Waals surface area contributed by atoms with Crippen LogP contribution in [0.3, 0.4) is 0 Å². The van der Waals surface area contributed by atoms with Crippen molar-refractivity contribution in [2.75, 3.05) is 97.7 Å². The fourth-order valence-electron chi connectivity index (χ4n) is 10.8. The summed E-state index contributed by atoms with van der Waals surface area (Å²) < 4.78 is 145. The molecule has 1 heterocycles. The monoisotopic (exact) mass is 1480 g/mol. The Morgan fingerprint density at radius 2 is 0.864 bits per heavy atom. The van der Waals surface area contributed by atoms with Crippen molar-refractivity contribution < 1.29 is 146 Å². The van der Waals surface area contributed by atoms with Crippen LogP contribution in [0.15, 0.2) is 18.2 Å². The van der Waals surface area contributed by atoms with Gasteiger partial charge in [-0.3, -0.25) is 57.5 Å². The fourth-order valence-corrected chi connectivity index (χ4v) is 10.8. The van der Waals surface area contributed by atoms with E-state index in [1.54, 1.807) is 0 Å². The topological polar surface area (TPSA) is 394 Å². The van der Waals surface area contributed by atoms with E-state index in [9.17, 15) is 79.5 Å². The zero-order valence-corrected chi connectivity index (χ0v) is 58.7. The minimum Gasteiger partial charge on any atom is -0.465 e. The Labute approximate surface area is 591 Å². The van der Waals surface area contributed by atoms with E-state index in [1.165, 1.54) is 39.0 Å². The van der Waals surface area contributed by atoms with Crippen LogP contribution in [0.4, 0.5) is 27.6 Å². The Morgan fingerprint density at radius 3 is 1.36 bits per heavy atom. The third-order valence-electron chi connectivity index (χ3n) is 15.2. The summed E-state index contributed by atoms with van der Waals surface area (Å²) in [5.41, 5.74) is 0.158. The molecule has 1 aliphatic heterocycles. The van der Waals surface area contributed by atoms with Crippen LogP contribution in [0.2, 0.25) is 0 Å². The molecule has 0 bridgehead atoms. The lowest BCUT2D eigenvalue weighted by Gasteiger charge is -2.45. The van der Waals surface area contributed by atoms with Gasteiger partial charge in [0.05, 0.1) is 84.8 Å². The molecule has 5 amide bonds. The van der Waals surface area contributed by atoms with Gasteiger partial charge in [0, 0.05) is 104 Å². The summed E-state index contributed by atoms with van der Waals surface area (Å²) in [6.45, 7) is 8.84. The summed E-state index contributed by atoms with van der Waals surface area (Å²) in [5, 5.41) is 13.5. The van der Waals surface area contributed by atoms with E-state index in [-0.39, 0.29) is 128 Å². The summed E-state index contributed by atoms with van der Waals surface area (Å²) in [7, 11) is 0. The van der Waals surface area contributed by atoms with Crippen molar-refractivity contribution in [3.63, 3.8) is 0 Å². The summed E-state index contributed by atoms with van der Waals surface area (Å²) >= 11 is 0. The first kappa shape index (κ1) is 86.9. The average Bonchev–Trinajstić information content (AvgIpc) is 0.857. The smallest absolute Gasteiger partial charge is 0.311 e. The molecule has 5 N–H and O–H groups in total. The second-order valence-electron chi connectivity index (χ2n) is 23.7. The summed E-state index contributed by atoms with van der Waals surface area (Å²) in [4.78, 5) is 149. The molecule has 0 radical (unpaired) electrons. The Bertz CT molecular complexity index is 3020. The van der Waals surface area contributed by atoms with Crippen LogP contribution < -0.4 is 31.3 Å². The number of nitrogens with one attached hydrogen (secondary N) is 5. The second kappa shape index (κ2) is 46.2. The number of anilines is 1. The normalized spacial score (nSPS) is 19.9. The van der Waals surface area contributed by atoms with Crippen LogP contribution in [0, 0.1) is 35.0 Å². The zero-order valence-electron chi connectivity index (χ0n) is 58.7. The van der Waals surface area contributed by atoms with Gasteiger partial charge in [-0.05, 0) is 37.5 Å². The van der Waals surface area contributed by atoms with E-state index in [2.05, 4.69) is 31.3 Å². The molecule has 2 fully saturated rings. The number of halogens is 5. The van der Waals surface area contributed by atoms with Crippen molar-refractivity contribution in [1.29, 1.82) is 0 Å². The van der Waals surface area contributed by atoms with Crippen molar-refractivity contribution in [3.8, 4) is 5.75 Å². The fraction of sp³-hybridized carbons (Fsp3) is 0.642. The highest BCUT2D eigenvalue weighted by Gasteiger charge is 2.52. The van der Waals surface area contributed by atoms with Crippen LogP contribution >= 0.6 is 0 Å². The molecule has 0 spiro atoms. The first-order valence-corrected chi connectivity index (χ1v) is 33.4. The van der Waals surface area contributed by atoms with E-state index >= 15 is 0 Å². The number of benzene rings is 2. The number of esters is 7. The number of carbonyl (C=O) groups is 12. The van der Waals surface area contributed by atoms with Gasteiger partial charge in [-0.1, -0.05) is 38.5 Å². The van der Waals surface area contributed by atoms with Crippen molar-refractivity contribution in [2.24, 2.45) is 5.92 Å². The number of amides is 5. The van der Waals surface area contributed by atoms with Gasteiger partial charge in [0.15, 0.2) is 24.6 Å². The van der Waals surface area contributed by atoms with Gasteiger partial charge in [-0.25, -0.2) is 13.2 Å². The van der Waals surface area contributed by atoms with Gasteiger partial charge in [-0.15, -0.1) is 0 Å². The van der Waals surface area contributed by atoms with E-state index < -0.39 is 174 Å². The number of ether oxygens (including phenoxy) is 14. The molecule has 1 saturated carbocycles. The maximum Gasteiger partial charge on any atom is 0.311 e. The SMILES string of the molecule is CC(=O)N[C@H]1C(OCCOCCOCCNC(=O)c2cc(NC(=O)CCCCCCCCCCC(=O)Oc3c(F)c(F)c(F)c(F)c3F)cc(C(=O)NCCOCCOCCOC3C[C@H](COC(C)=O)[C@H](OC(C)=O)[C@H](OC(C)=O)[C@H]3NC(C)=O)c2)O[C@H](COC(C)=O)[C@H](OC(C)=O)[C@@H]1OC(C)=O. The van der Waals surface area contributed by atoms with Crippen LogP contribution in [-0.2, 0) is 110 Å². The molecule has 36 heteroatoms. The molecular formula is C67H92F5N5O26. The van der Waals surface area contributed by atoms with Crippen molar-refractivity contribution in [2.45, 2.75) is 181 Å². The van der Waals surface area contributed by atoms with E-state index in [0.29, 0.717) is 25.7 Å². The van der Waals surface area contributed by atoms with Crippen LogP contribution in [0.5, 0.6) is 5.75 Å². The van der Waals surface area contributed by atoms with Crippen molar-refractivity contribution >= 4 is 77.0 Å². The first-order chi connectivity index (χ1) is 49.0. The number of hydrogen-bond acceptors (Lipinski definition) is 26. The van der Waals surface area contributed by atoms with Gasteiger partial charge in [0.25, 0.3) is 11.8 Å². The predicted octanol–water partition coefficient (Wildman–Crippen LogP) is 4.36. The molecule has 4 rings (SSSR count). The third-order valence-corrected chi connectivity index (χ3v) is 15.2. The van der Waals surface area contributed by atoms with E-state index in [4.69, 9.17) is 61.6 Å². The standard InChI is InChI=1S/C67H92F5N5O26/c1-37(78)75-58-49(34-47(35-96-39(3)80)60(98-41(5)82)63(58)100-43(7)84)94-29-27-92-25-23-90-21-19-73-65(88)45-31-46(33-48(32-45)77-51(86)17-15-13-11-9-10-12-14-16-18-52(87)103-62-56(71)54(69)53(68)55(70)57(62)72)66(89)74-20-22-91-24-26-93-28-30-95-67-59(76-38(2)79)64(101-44(8)85)61(99-42(6)83)50(102-67)36-97-40(4)81/h31-33,47,49-50,58-61,63-64,67H,9-30,34-36H2,1-8H3,(H,73,88)(H,74,89)(H,75,78)(H,76,79)(H,77,86)/t47-,49?,50-,58+,59-,60+,61+,63-,64-,67?/m1/s1. The largest absolute Gasteiger partial charge is 0.465 e. The lowest BCUT2D eigenvalue weighted by molar-refractivity contribution is -0.279. The highest BCUT2D eigenvalue weighted by atomic mass is 19.2. The van der Waals surface area contributed by atoms with E-state index in [1.807, 2.05) is 0 Å². The predicted molar refractivity (Wildman–Crippen MR) is 344 cm³/mol. The minimum atomic E-state index is -2.38. The number of hydrogen-bond donors (Lipinski definition) is 5. The molecule has 576 valence electrons. The van der Waals surface area contributed by atoms with Crippen LogP contribution in [-0.4, -0.2) is 219 Å². The first-order valence-electron chi connectivity index (χ1n) is 33.4. The third kappa shape index (κ3) is 31.9. The molecule has 31 nitrogen and oxygen atoms in total. The Kier molecular flexibility index (Phi) is 39.0. The molecule has 2 aromatic carbocycles. The lowest BCUT2D eigenvalue weighted by Crippen LogP contribution is -2.66. The minimum absolute atomic E-state index is 0.00222. The zero-order chi connectivity index (χ0) is 76.1. The van der Waals surface area contributed by atoms with Gasteiger partial charge in [0.1, 0.15) is 24.9 Å². The van der Waals surface area contributed by atoms with Crippen LogP contribution in [0.25, 0.3) is 0 Å². The Morgan fingerprint density at radius 1 is 0.447 bits per heavy atom. The number of carbonyl (C=O) groups excluding carboxylic acids is 12. The number of unbranched alkanes of at least 4 members (excludes halogenated alkanes) is 7. The summed E-state index contributed by atoms with van der Waals surface area (Å²) in [5.74, 6) is -21.8. The van der Waals surface area contributed by atoms with Gasteiger partial charge in [-0.2, -0.15) is 8.78 Å². The maximum absolute atomic E-state index is 13.9. The highest BCUT2D eigenvalue weighted by Crippen LogP contribution is 2.34. The van der Waals surface area contributed by atoms with Crippen LogP contribution in [0.1, 0.15) is 147 Å². The molecule has 1 aliphatic carbocycles. The van der Waals surface area contributed by atoms with Gasteiger partial charge in [0.2, 0.25) is 52.6 Å². The lowest BCUT2D eigenvalue weighted by atomic mass is 9.79. The average molecular weight is 1480 g/mol. The van der Waals surface area contributed by atoms with Crippen molar-refractivity contribution in [1.82, 2.24) is 21.3 Å². The molecular weight excluding hydrogens is 1390 g/mol. The summed E-state index contributed by atoms with van der Waals surface area (Å²) in [6, 6.07) is 1.96. The molecule has 103 heavy (non-hydrogen) atoms. The maximum atomic E-state index is 13.9. The molecule has 2 aliphatic rings. The molecule has 10 atom stereocenters. The second-order valence-corrected chi connectivity index (χ2v) is 23.7. The van der Waals surface area contributed by atoms with Gasteiger partial charge < -0.3 is 92.9 Å². The number of rotatable bonds is 45. The molecule has 2 unspecified atom stereocenters. The summed E-state index contributed by atoms with van der Waals surface area (Å²) in [6.07, 6.45) is -3.61. The van der Waals surface area contributed by atoms with Crippen molar-refractivity contribution in [3.05, 3.63) is 58.4 Å². The Balaban J connectivity index is 1.27. The Hall–Kier alpha value is -8.55. The van der Waals surface area contributed by atoms with E-state index in [0.717, 1.165) is 53.9 Å². The molecule has 0 aromatic heterocycles. The highest BCUT2D eigenvalue weighted by molar-refractivity contribution is 6.02. The quantitative estimate of drug-likeness (QED) is 0.0117. The van der Waals surface area contributed by atoms with Gasteiger partial charge >= 0.3 is 41.8 Å².